The highest BCUT2D eigenvalue weighted by atomic mass is 19.4. The van der Waals surface area contributed by atoms with E-state index in [1.54, 1.807) is 18.3 Å². The van der Waals surface area contributed by atoms with Gasteiger partial charge in [0.2, 0.25) is 0 Å². The predicted molar refractivity (Wildman–Crippen MR) is 102 cm³/mol. The first-order chi connectivity index (χ1) is 14.6. The van der Waals surface area contributed by atoms with Crippen molar-refractivity contribution >= 4 is 11.9 Å². The van der Waals surface area contributed by atoms with Crippen LogP contribution in [-0.4, -0.2) is 64.1 Å². The summed E-state index contributed by atoms with van der Waals surface area (Å²) in [5, 5.41) is 7.12. The number of halogens is 4. The van der Waals surface area contributed by atoms with Crippen molar-refractivity contribution in [3.05, 3.63) is 65.7 Å². The number of hydrogen-bond acceptors (Lipinski definition) is 4. The SMILES string of the molecule is O=C(O)C(F)(F)F.O=C(c1cccc(F)c1)N1C[C@H]2CN(Cc3cccnc3)C[C@H]2C1. The lowest BCUT2D eigenvalue weighted by Crippen LogP contribution is -2.33. The molecule has 0 saturated carbocycles. The number of carbonyl (C=O) groups is 2. The van der Waals surface area contributed by atoms with E-state index >= 15 is 0 Å². The summed E-state index contributed by atoms with van der Waals surface area (Å²) in [4.78, 5) is 29.9. The quantitative estimate of drug-likeness (QED) is 0.745. The molecule has 1 aromatic carbocycles. The van der Waals surface area contributed by atoms with Gasteiger partial charge in [0, 0.05) is 50.7 Å². The van der Waals surface area contributed by atoms with Crippen LogP contribution in [0, 0.1) is 17.7 Å². The fourth-order valence-electron chi connectivity index (χ4n) is 3.94. The van der Waals surface area contributed by atoms with E-state index in [1.807, 2.05) is 17.2 Å². The van der Waals surface area contributed by atoms with Crippen molar-refractivity contribution in [3.8, 4) is 0 Å². The number of hydrogen-bond donors (Lipinski definition) is 1. The summed E-state index contributed by atoms with van der Waals surface area (Å²) in [6, 6.07) is 10.0. The summed E-state index contributed by atoms with van der Waals surface area (Å²) in [7, 11) is 0. The maximum absolute atomic E-state index is 13.3. The molecular weight excluding hydrogens is 418 g/mol. The maximum Gasteiger partial charge on any atom is 0.490 e. The lowest BCUT2D eigenvalue weighted by atomic mass is 10.0. The second-order valence-corrected chi connectivity index (χ2v) is 7.60. The molecule has 2 fully saturated rings. The number of pyridine rings is 1. The van der Waals surface area contributed by atoms with Crippen LogP contribution in [0.15, 0.2) is 48.8 Å². The highest BCUT2D eigenvalue weighted by Gasteiger charge is 2.41. The van der Waals surface area contributed by atoms with Crippen LogP contribution in [0.5, 0.6) is 0 Å². The third-order valence-electron chi connectivity index (χ3n) is 5.29. The number of fused-ring (bicyclic) bond motifs is 1. The predicted octanol–water partition coefficient (Wildman–Crippen LogP) is 3.06. The number of benzene rings is 1. The molecule has 2 aliphatic heterocycles. The number of carboxylic acid groups (broad SMARTS) is 1. The Morgan fingerprint density at radius 1 is 1.06 bits per heavy atom. The molecular formula is C21H21F4N3O3. The van der Waals surface area contributed by atoms with Crippen molar-refractivity contribution in [2.45, 2.75) is 12.7 Å². The van der Waals surface area contributed by atoms with Crippen LogP contribution < -0.4 is 0 Å². The van der Waals surface area contributed by atoms with E-state index in [0.717, 1.165) is 32.7 Å². The lowest BCUT2D eigenvalue weighted by Gasteiger charge is -2.21. The Balaban J connectivity index is 0.000000339. The fourth-order valence-corrected chi connectivity index (χ4v) is 3.94. The van der Waals surface area contributed by atoms with E-state index in [9.17, 15) is 22.4 Å². The van der Waals surface area contributed by atoms with Gasteiger partial charge in [-0.1, -0.05) is 12.1 Å². The molecule has 2 aromatic rings. The minimum Gasteiger partial charge on any atom is -0.475 e. The number of aromatic nitrogens is 1. The van der Waals surface area contributed by atoms with Gasteiger partial charge in [-0.2, -0.15) is 13.2 Å². The molecule has 4 rings (SSSR count). The smallest absolute Gasteiger partial charge is 0.475 e. The summed E-state index contributed by atoms with van der Waals surface area (Å²) in [6.45, 7) is 4.46. The Hall–Kier alpha value is -3.01. The van der Waals surface area contributed by atoms with Crippen molar-refractivity contribution < 1.29 is 32.3 Å². The van der Waals surface area contributed by atoms with Gasteiger partial charge in [-0.25, -0.2) is 9.18 Å². The van der Waals surface area contributed by atoms with Gasteiger partial charge in [0.15, 0.2) is 0 Å². The van der Waals surface area contributed by atoms with E-state index < -0.39 is 12.1 Å². The van der Waals surface area contributed by atoms with Crippen LogP contribution in [0.25, 0.3) is 0 Å². The third-order valence-corrected chi connectivity index (χ3v) is 5.29. The van der Waals surface area contributed by atoms with Gasteiger partial charge in [-0.15, -0.1) is 0 Å². The molecule has 6 nitrogen and oxygen atoms in total. The number of carboxylic acids is 1. The molecule has 3 heterocycles. The highest BCUT2D eigenvalue weighted by molar-refractivity contribution is 5.94. The van der Waals surface area contributed by atoms with E-state index in [1.165, 1.54) is 17.7 Å². The highest BCUT2D eigenvalue weighted by Crippen LogP contribution is 2.32. The van der Waals surface area contributed by atoms with Crippen LogP contribution in [0.3, 0.4) is 0 Å². The summed E-state index contributed by atoms with van der Waals surface area (Å²) in [6.07, 6.45) is -1.38. The minimum atomic E-state index is -5.08. The lowest BCUT2D eigenvalue weighted by molar-refractivity contribution is -0.192. The third kappa shape index (κ3) is 6.00. The molecule has 166 valence electrons. The van der Waals surface area contributed by atoms with Crippen molar-refractivity contribution in [1.82, 2.24) is 14.8 Å². The molecule has 0 aliphatic carbocycles. The van der Waals surface area contributed by atoms with E-state index in [-0.39, 0.29) is 11.7 Å². The largest absolute Gasteiger partial charge is 0.490 e. The Labute approximate surface area is 176 Å². The van der Waals surface area contributed by atoms with Gasteiger partial charge >= 0.3 is 12.1 Å². The molecule has 2 atom stereocenters. The second kappa shape index (κ2) is 9.42. The van der Waals surface area contributed by atoms with Gasteiger partial charge in [0.1, 0.15) is 5.82 Å². The summed E-state index contributed by atoms with van der Waals surface area (Å²) >= 11 is 0. The molecule has 0 spiro atoms. The number of alkyl halides is 3. The van der Waals surface area contributed by atoms with Crippen molar-refractivity contribution in [1.29, 1.82) is 0 Å². The van der Waals surface area contributed by atoms with Crippen LogP contribution >= 0.6 is 0 Å². The van der Waals surface area contributed by atoms with E-state index in [2.05, 4.69) is 16.0 Å². The van der Waals surface area contributed by atoms with Crippen molar-refractivity contribution in [3.63, 3.8) is 0 Å². The number of aliphatic carboxylic acids is 1. The fraction of sp³-hybridized carbons (Fsp3) is 0.381. The van der Waals surface area contributed by atoms with Crippen LogP contribution in [-0.2, 0) is 11.3 Å². The van der Waals surface area contributed by atoms with Crippen molar-refractivity contribution in [2.24, 2.45) is 11.8 Å². The zero-order chi connectivity index (χ0) is 22.6. The van der Waals surface area contributed by atoms with Gasteiger partial charge in [-0.3, -0.25) is 14.7 Å². The molecule has 1 N–H and O–H groups in total. The van der Waals surface area contributed by atoms with Crippen molar-refractivity contribution in [2.75, 3.05) is 26.2 Å². The topological polar surface area (TPSA) is 73.7 Å². The Kier molecular flexibility index (Phi) is 6.89. The van der Waals surface area contributed by atoms with Crippen LogP contribution in [0.1, 0.15) is 15.9 Å². The molecule has 2 saturated heterocycles. The molecule has 2 aliphatic rings. The van der Waals surface area contributed by atoms with E-state index in [4.69, 9.17) is 9.90 Å². The first-order valence-electron chi connectivity index (χ1n) is 9.59. The summed E-state index contributed by atoms with van der Waals surface area (Å²) in [5.41, 5.74) is 1.67. The molecule has 0 bridgehead atoms. The molecule has 1 amide bonds. The Morgan fingerprint density at radius 3 is 2.23 bits per heavy atom. The molecule has 31 heavy (non-hydrogen) atoms. The van der Waals surface area contributed by atoms with E-state index in [0.29, 0.717) is 17.4 Å². The molecule has 0 radical (unpaired) electrons. The first kappa shape index (κ1) is 22.7. The van der Waals surface area contributed by atoms with Gasteiger partial charge < -0.3 is 10.0 Å². The first-order valence-corrected chi connectivity index (χ1v) is 9.59. The molecule has 0 unspecified atom stereocenters. The average Bonchev–Trinajstić information content (AvgIpc) is 3.26. The number of likely N-dealkylation sites (tertiary alicyclic amines) is 2. The standard InChI is InChI=1S/C19H20FN3O.C2HF3O2/c20-18-5-1-4-15(7-18)19(24)23-12-16-10-22(11-17(16)13-23)9-14-3-2-6-21-8-14;3-2(4,5)1(6)7/h1-8,16-17H,9-13H2;(H,6,7)/t16-,17+;. The zero-order valence-corrected chi connectivity index (χ0v) is 16.4. The monoisotopic (exact) mass is 439 g/mol. The second-order valence-electron chi connectivity index (χ2n) is 7.60. The Morgan fingerprint density at radius 2 is 1.71 bits per heavy atom. The average molecular weight is 439 g/mol. The molecule has 1 aromatic heterocycles. The van der Waals surface area contributed by atoms with Crippen LogP contribution in [0.2, 0.25) is 0 Å². The number of nitrogens with zero attached hydrogens (tertiary/aromatic N) is 3. The maximum atomic E-state index is 13.3. The van der Waals surface area contributed by atoms with Gasteiger partial charge in [-0.05, 0) is 41.7 Å². The normalized spacial score (nSPS) is 20.7. The number of carbonyl (C=O) groups excluding carboxylic acids is 1. The van der Waals surface area contributed by atoms with Crippen LogP contribution in [0.4, 0.5) is 17.6 Å². The summed E-state index contributed by atoms with van der Waals surface area (Å²) in [5.74, 6) is -2.14. The van der Waals surface area contributed by atoms with Gasteiger partial charge in [0.05, 0.1) is 0 Å². The number of rotatable bonds is 3. The Bertz CT molecular complexity index is 910. The van der Waals surface area contributed by atoms with Gasteiger partial charge in [0.25, 0.3) is 5.91 Å². The zero-order valence-electron chi connectivity index (χ0n) is 16.4. The number of amides is 1. The summed E-state index contributed by atoms with van der Waals surface area (Å²) < 4.78 is 45.1. The minimum absolute atomic E-state index is 0.0530. The molecule has 10 heteroatoms.